The molecule has 5 nitrogen and oxygen atoms in total. The molecule has 0 saturated carbocycles. The molecule has 0 spiro atoms. The molecule has 1 atom stereocenters. The van der Waals surface area contributed by atoms with Crippen LogP contribution in [0.1, 0.15) is 20.8 Å². The Bertz CT molecular complexity index is 292. The molecule has 0 aliphatic heterocycles. The SMILES string of the molecule is CCO/C=C(\[C@@H](N)O)S(=O)(=O)C(C)C. The molecule has 3 N–H and O–H groups in total. The third-order valence-corrected chi connectivity index (χ3v) is 3.84. The van der Waals surface area contributed by atoms with Crippen LogP contribution in [0.25, 0.3) is 0 Å². The third kappa shape index (κ3) is 3.28. The van der Waals surface area contributed by atoms with E-state index in [1.54, 1.807) is 6.92 Å². The van der Waals surface area contributed by atoms with E-state index in [0.29, 0.717) is 6.61 Å². The smallest absolute Gasteiger partial charge is 0.183 e. The molecule has 6 heteroatoms. The van der Waals surface area contributed by atoms with Crippen LogP contribution in [0.15, 0.2) is 11.2 Å². The first-order chi connectivity index (χ1) is 6.34. The molecule has 0 saturated heterocycles. The highest BCUT2D eigenvalue weighted by Crippen LogP contribution is 2.15. The predicted octanol–water partition coefficient (Wildman–Crippen LogP) is -0.0354. The maximum absolute atomic E-state index is 11.6. The van der Waals surface area contributed by atoms with E-state index >= 15 is 0 Å². The Hall–Kier alpha value is -0.590. The number of aliphatic hydroxyl groups excluding tert-OH is 1. The van der Waals surface area contributed by atoms with Gasteiger partial charge in [0.15, 0.2) is 9.84 Å². The van der Waals surface area contributed by atoms with Gasteiger partial charge in [0.05, 0.1) is 11.9 Å². The fourth-order valence-electron chi connectivity index (χ4n) is 0.743. The van der Waals surface area contributed by atoms with Crippen LogP contribution in [0.2, 0.25) is 0 Å². The van der Waals surface area contributed by atoms with E-state index in [2.05, 4.69) is 0 Å². The molecule has 0 fully saturated rings. The van der Waals surface area contributed by atoms with Crippen LogP contribution in [0.4, 0.5) is 0 Å². The summed E-state index contributed by atoms with van der Waals surface area (Å²) in [6.07, 6.45) is -0.533. The second kappa shape index (κ2) is 5.33. The topological polar surface area (TPSA) is 89.6 Å². The maximum atomic E-state index is 11.6. The van der Waals surface area contributed by atoms with E-state index in [1.807, 2.05) is 0 Å². The van der Waals surface area contributed by atoms with E-state index < -0.39 is 21.3 Å². The number of nitrogens with two attached hydrogens (primary N) is 1. The van der Waals surface area contributed by atoms with Crippen molar-refractivity contribution in [1.29, 1.82) is 0 Å². The van der Waals surface area contributed by atoms with Gasteiger partial charge in [-0.25, -0.2) is 8.42 Å². The summed E-state index contributed by atoms with van der Waals surface area (Å²) in [5.74, 6) is 0. The predicted molar refractivity (Wildman–Crippen MR) is 54.0 cm³/mol. The van der Waals surface area contributed by atoms with Gasteiger partial charge in [-0.2, -0.15) is 0 Å². The highest BCUT2D eigenvalue weighted by atomic mass is 32.2. The quantitative estimate of drug-likeness (QED) is 0.504. The van der Waals surface area contributed by atoms with E-state index in [-0.39, 0.29) is 4.91 Å². The molecule has 0 bridgehead atoms. The number of hydrogen-bond donors (Lipinski definition) is 2. The van der Waals surface area contributed by atoms with Gasteiger partial charge in [-0.3, -0.25) is 0 Å². The van der Waals surface area contributed by atoms with Crippen molar-refractivity contribution in [2.24, 2.45) is 5.73 Å². The monoisotopic (exact) mass is 223 g/mol. The van der Waals surface area contributed by atoms with Crippen molar-refractivity contribution in [3.63, 3.8) is 0 Å². The van der Waals surface area contributed by atoms with Crippen molar-refractivity contribution < 1.29 is 18.3 Å². The van der Waals surface area contributed by atoms with Gasteiger partial charge < -0.3 is 15.6 Å². The Morgan fingerprint density at radius 2 is 2.07 bits per heavy atom. The van der Waals surface area contributed by atoms with Crippen LogP contribution in [-0.2, 0) is 14.6 Å². The van der Waals surface area contributed by atoms with Crippen LogP contribution in [0.5, 0.6) is 0 Å². The molecular formula is C8H17NO4S. The van der Waals surface area contributed by atoms with Gasteiger partial charge in [-0.05, 0) is 20.8 Å². The standard InChI is InChI=1S/C8H17NO4S/c1-4-13-5-7(8(9)10)14(11,12)6(2)3/h5-6,8,10H,4,9H2,1-3H3/b7-5+/t8-/m0/s1. The van der Waals surface area contributed by atoms with Crippen LogP contribution in [-0.4, -0.2) is 31.6 Å². The molecule has 14 heavy (non-hydrogen) atoms. The first-order valence-electron chi connectivity index (χ1n) is 4.33. The van der Waals surface area contributed by atoms with Crippen molar-refractivity contribution in [3.05, 3.63) is 11.2 Å². The van der Waals surface area contributed by atoms with Crippen LogP contribution in [0, 0.1) is 0 Å². The van der Waals surface area contributed by atoms with Crippen LogP contribution < -0.4 is 5.73 Å². The maximum Gasteiger partial charge on any atom is 0.183 e. The molecule has 0 heterocycles. The van der Waals surface area contributed by atoms with Gasteiger partial charge in [-0.15, -0.1) is 0 Å². The lowest BCUT2D eigenvalue weighted by molar-refractivity contribution is 0.211. The highest BCUT2D eigenvalue weighted by Gasteiger charge is 2.26. The van der Waals surface area contributed by atoms with E-state index in [4.69, 9.17) is 15.6 Å². The van der Waals surface area contributed by atoms with Crippen molar-refractivity contribution in [2.75, 3.05) is 6.61 Å². The molecule has 0 rings (SSSR count). The van der Waals surface area contributed by atoms with Crippen molar-refractivity contribution in [3.8, 4) is 0 Å². The van der Waals surface area contributed by atoms with Gasteiger partial charge in [-0.1, -0.05) is 0 Å². The summed E-state index contributed by atoms with van der Waals surface area (Å²) < 4.78 is 28.0. The average molecular weight is 223 g/mol. The summed E-state index contributed by atoms with van der Waals surface area (Å²) in [6, 6.07) is 0. The molecule has 0 amide bonds. The summed E-state index contributed by atoms with van der Waals surface area (Å²) in [5.41, 5.74) is 5.13. The molecule has 0 aliphatic rings. The Morgan fingerprint density at radius 3 is 2.36 bits per heavy atom. The molecule has 0 aromatic heterocycles. The van der Waals surface area contributed by atoms with Crippen LogP contribution in [0.3, 0.4) is 0 Å². The van der Waals surface area contributed by atoms with Crippen LogP contribution >= 0.6 is 0 Å². The number of aliphatic hydroxyl groups is 1. The normalized spacial score (nSPS) is 15.7. The lowest BCUT2D eigenvalue weighted by Gasteiger charge is -2.13. The summed E-state index contributed by atoms with van der Waals surface area (Å²) >= 11 is 0. The van der Waals surface area contributed by atoms with E-state index in [9.17, 15) is 8.42 Å². The molecule has 84 valence electrons. The third-order valence-electron chi connectivity index (χ3n) is 1.61. The van der Waals surface area contributed by atoms with Gasteiger partial charge in [0.1, 0.15) is 17.4 Å². The van der Waals surface area contributed by atoms with E-state index in [0.717, 1.165) is 6.26 Å². The molecule has 0 unspecified atom stereocenters. The van der Waals surface area contributed by atoms with Crippen molar-refractivity contribution >= 4 is 9.84 Å². The Morgan fingerprint density at radius 1 is 1.57 bits per heavy atom. The molecule has 0 aliphatic carbocycles. The zero-order valence-corrected chi connectivity index (χ0v) is 9.41. The van der Waals surface area contributed by atoms with Crippen molar-refractivity contribution in [2.45, 2.75) is 32.2 Å². The number of sulfone groups is 1. The lowest BCUT2D eigenvalue weighted by atomic mass is 10.5. The molecule has 0 radical (unpaired) electrons. The number of rotatable bonds is 5. The highest BCUT2D eigenvalue weighted by molar-refractivity contribution is 7.95. The Balaban J connectivity index is 5.03. The lowest BCUT2D eigenvalue weighted by Crippen LogP contribution is -2.30. The minimum absolute atomic E-state index is 0.283. The fourth-order valence-corrected chi connectivity index (χ4v) is 1.83. The zero-order chi connectivity index (χ0) is 11.4. The largest absolute Gasteiger partial charge is 0.500 e. The molecular weight excluding hydrogens is 206 g/mol. The summed E-state index contributed by atoms with van der Waals surface area (Å²) in [6.45, 7) is 5.05. The summed E-state index contributed by atoms with van der Waals surface area (Å²) in [4.78, 5) is -0.283. The van der Waals surface area contributed by atoms with E-state index in [1.165, 1.54) is 13.8 Å². The minimum Gasteiger partial charge on any atom is -0.500 e. The first-order valence-corrected chi connectivity index (χ1v) is 5.87. The van der Waals surface area contributed by atoms with Crippen molar-refractivity contribution in [1.82, 2.24) is 0 Å². The molecule has 0 aromatic rings. The second-order valence-corrected chi connectivity index (χ2v) is 5.52. The van der Waals surface area contributed by atoms with Gasteiger partial charge in [0.25, 0.3) is 0 Å². The van der Waals surface area contributed by atoms with Gasteiger partial charge in [0.2, 0.25) is 0 Å². The summed E-state index contributed by atoms with van der Waals surface area (Å²) in [5, 5.41) is 8.44. The summed E-state index contributed by atoms with van der Waals surface area (Å²) in [7, 11) is -3.55. The van der Waals surface area contributed by atoms with Gasteiger partial charge >= 0.3 is 0 Å². The zero-order valence-electron chi connectivity index (χ0n) is 8.60. The Kier molecular flexibility index (Phi) is 5.11. The average Bonchev–Trinajstić information content (AvgIpc) is 2.03. The first kappa shape index (κ1) is 13.4. The minimum atomic E-state index is -3.55. The second-order valence-electron chi connectivity index (χ2n) is 3.01. The molecule has 0 aromatic carbocycles. The Labute approximate surface area is 84.5 Å². The number of ether oxygens (including phenoxy) is 1. The fraction of sp³-hybridized carbons (Fsp3) is 0.750. The van der Waals surface area contributed by atoms with Gasteiger partial charge in [0, 0.05) is 0 Å². The number of hydrogen-bond acceptors (Lipinski definition) is 5.